The summed E-state index contributed by atoms with van der Waals surface area (Å²) in [6, 6.07) is 7.66. The second-order valence-electron chi connectivity index (χ2n) is 4.23. The van der Waals surface area contributed by atoms with Crippen molar-refractivity contribution in [2.75, 3.05) is 12.8 Å². The molecular formula is C14H12BrN3O2. The minimum atomic E-state index is -0.586. The third kappa shape index (κ3) is 2.28. The summed E-state index contributed by atoms with van der Waals surface area (Å²) in [5.41, 5.74) is 8.10. The molecule has 102 valence electrons. The van der Waals surface area contributed by atoms with E-state index < -0.39 is 5.97 Å². The minimum absolute atomic E-state index is 0.118. The van der Waals surface area contributed by atoms with Crippen LogP contribution in [0.15, 0.2) is 28.9 Å². The quantitative estimate of drug-likeness (QED) is 0.857. The molecule has 0 aliphatic carbocycles. The predicted molar refractivity (Wildman–Crippen MR) is 78.7 cm³/mol. The Labute approximate surface area is 124 Å². The van der Waals surface area contributed by atoms with E-state index in [2.05, 4.69) is 15.9 Å². The second-order valence-corrected chi connectivity index (χ2v) is 5.09. The summed E-state index contributed by atoms with van der Waals surface area (Å²) < 4.78 is 7.09. The van der Waals surface area contributed by atoms with Crippen LogP contribution in [-0.4, -0.2) is 17.6 Å². The van der Waals surface area contributed by atoms with Gasteiger partial charge in [0.05, 0.1) is 24.0 Å². The topological polar surface area (TPSA) is 81.0 Å². The number of nitriles is 1. The summed E-state index contributed by atoms with van der Waals surface area (Å²) in [5.74, 6) is -0.586. The number of anilines is 1. The number of nitrogen functional groups attached to an aromatic ring is 1. The van der Waals surface area contributed by atoms with Crippen molar-refractivity contribution in [1.29, 1.82) is 5.26 Å². The molecule has 0 atom stereocenters. The highest BCUT2D eigenvalue weighted by molar-refractivity contribution is 9.10. The largest absolute Gasteiger partial charge is 0.464 e. The van der Waals surface area contributed by atoms with Crippen molar-refractivity contribution in [3.63, 3.8) is 0 Å². The Hall–Kier alpha value is -2.26. The summed E-state index contributed by atoms with van der Waals surface area (Å²) in [6.45, 7) is 1.94. The van der Waals surface area contributed by atoms with Crippen molar-refractivity contribution in [2.24, 2.45) is 0 Å². The third-order valence-corrected chi connectivity index (χ3v) is 3.58. The van der Waals surface area contributed by atoms with Crippen LogP contribution in [0.4, 0.5) is 5.69 Å². The zero-order valence-electron chi connectivity index (χ0n) is 11.0. The molecule has 6 heteroatoms. The molecular weight excluding hydrogens is 322 g/mol. The van der Waals surface area contributed by atoms with Crippen molar-refractivity contribution >= 4 is 27.6 Å². The normalized spacial score (nSPS) is 10.1. The molecule has 0 bridgehead atoms. The van der Waals surface area contributed by atoms with E-state index in [4.69, 9.17) is 15.7 Å². The Kier molecular flexibility index (Phi) is 3.81. The first-order chi connectivity index (χ1) is 9.49. The molecule has 0 unspecified atom stereocenters. The Bertz CT molecular complexity index is 729. The Morgan fingerprint density at radius 1 is 1.50 bits per heavy atom. The first-order valence-corrected chi connectivity index (χ1v) is 6.54. The maximum Gasteiger partial charge on any atom is 0.357 e. The van der Waals surface area contributed by atoms with Gasteiger partial charge in [0.1, 0.15) is 6.07 Å². The summed E-state index contributed by atoms with van der Waals surface area (Å²) in [5, 5.41) is 9.07. The number of aryl methyl sites for hydroxylation is 1. The zero-order valence-corrected chi connectivity index (χ0v) is 12.6. The minimum Gasteiger partial charge on any atom is -0.464 e. The molecule has 20 heavy (non-hydrogen) atoms. The monoisotopic (exact) mass is 333 g/mol. The van der Waals surface area contributed by atoms with Crippen LogP contribution in [0.2, 0.25) is 0 Å². The van der Waals surface area contributed by atoms with E-state index in [1.807, 2.05) is 31.2 Å². The van der Waals surface area contributed by atoms with Crippen LogP contribution in [0.5, 0.6) is 0 Å². The SMILES string of the molecule is COC(=O)c1c(N)c(C#N)cn1-c1cc(C)ccc1Br. The Morgan fingerprint density at radius 3 is 2.80 bits per heavy atom. The molecule has 0 aliphatic heterocycles. The van der Waals surface area contributed by atoms with Gasteiger partial charge in [0.2, 0.25) is 0 Å². The van der Waals surface area contributed by atoms with Gasteiger partial charge in [-0.25, -0.2) is 4.79 Å². The summed E-state index contributed by atoms with van der Waals surface area (Å²) in [7, 11) is 1.27. The molecule has 5 nitrogen and oxygen atoms in total. The lowest BCUT2D eigenvalue weighted by Crippen LogP contribution is -2.11. The lowest BCUT2D eigenvalue weighted by Gasteiger charge is -2.11. The summed E-state index contributed by atoms with van der Waals surface area (Å²) in [4.78, 5) is 11.9. The number of carbonyl (C=O) groups is 1. The van der Waals surface area contributed by atoms with Gasteiger partial charge in [-0.3, -0.25) is 0 Å². The number of hydrogen-bond acceptors (Lipinski definition) is 4. The molecule has 0 amide bonds. The molecule has 0 fully saturated rings. The number of aromatic nitrogens is 1. The number of nitrogens with two attached hydrogens (primary N) is 1. The lowest BCUT2D eigenvalue weighted by atomic mass is 10.2. The van der Waals surface area contributed by atoms with E-state index in [1.54, 1.807) is 4.57 Å². The maximum absolute atomic E-state index is 11.9. The number of hydrogen-bond donors (Lipinski definition) is 1. The number of carbonyl (C=O) groups excluding carboxylic acids is 1. The maximum atomic E-state index is 11.9. The van der Waals surface area contributed by atoms with Gasteiger partial charge >= 0.3 is 5.97 Å². The lowest BCUT2D eigenvalue weighted by molar-refractivity contribution is 0.0593. The standard InChI is InChI=1S/C14H12BrN3O2/c1-8-3-4-10(15)11(5-8)18-7-9(6-16)12(17)13(18)14(19)20-2/h3-5,7H,17H2,1-2H3. The van der Waals surface area contributed by atoms with Crippen molar-refractivity contribution in [3.05, 3.63) is 45.7 Å². The van der Waals surface area contributed by atoms with E-state index in [-0.39, 0.29) is 16.9 Å². The van der Waals surface area contributed by atoms with Crippen LogP contribution >= 0.6 is 15.9 Å². The molecule has 2 rings (SSSR count). The highest BCUT2D eigenvalue weighted by Gasteiger charge is 2.22. The highest BCUT2D eigenvalue weighted by atomic mass is 79.9. The van der Waals surface area contributed by atoms with Gasteiger partial charge in [-0.1, -0.05) is 6.07 Å². The van der Waals surface area contributed by atoms with E-state index in [0.717, 1.165) is 15.7 Å². The molecule has 0 spiro atoms. The van der Waals surface area contributed by atoms with E-state index in [1.165, 1.54) is 13.3 Å². The number of methoxy groups -OCH3 is 1. The summed E-state index contributed by atoms with van der Waals surface area (Å²) >= 11 is 3.43. The Balaban J connectivity index is 2.77. The van der Waals surface area contributed by atoms with Crippen molar-refractivity contribution in [1.82, 2.24) is 4.57 Å². The molecule has 0 radical (unpaired) electrons. The second kappa shape index (κ2) is 5.39. The molecule has 2 aromatic rings. The molecule has 1 heterocycles. The van der Waals surface area contributed by atoms with Gasteiger partial charge < -0.3 is 15.0 Å². The van der Waals surface area contributed by atoms with Gasteiger partial charge in [0.15, 0.2) is 5.69 Å². The molecule has 0 saturated heterocycles. The predicted octanol–water partition coefficient (Wildman–Crippen LogP) is 2.79. The third-order valence-electron chi connectivity index (χ3n) is 2.90. The number of halogens is 1. The number of benzene rings is 1. The fraction of sp³-hybridized carbons (Fsp3) is 0.143. The van der Waals surface area contributed by atoms with Gasteiger partial charge in [-0.05, 0) is 40.5 Å². The number of ether oxygens (including phenoxy) is 1. The van der Waals surface area contributed by atoms with Crippen LogP contribution in [0.3, 0.4) is 0 Å². The zero-order chi connectivity index (χ0) is 14.9. The van der Waals surface area contributed by atoms with Crippen LogP contribution in [0.25, 0.3) is 5.69 Å². The van der Waals surface area contributed by atoms with Crippen LogP contribution in [0.1, 0.15) is 21.6 Å². The number of nitrogens with zero attached hydrogens (tertiary/aromatic N) is 2. The van der Waals surface area contributed by atoms with Gasteiger partial charge in [0, 0.05) is 10.7 Å². The summed E-state index contributed by atoms with van der Waals surface area (Å²) in [6.07, 6.45) is 1.53. The number of rotatable bonds is 2. The molecule has 0 saturated carbocycles. The fourth-order valence-electron chi connectivity index (χ4n) is 1.91. The van der Waals surface area contributed by atoms with E-state index >= 15 is 0 Å². The van der Waals surface area contributed by atoms with Crippen LogP contribution in [0, 0.1) is 18.3 Å². The first-order valence-electron chi connectivity index (χ1n) is 5.75. The van der Waals surface area contributed by atoms with Gasteiger partial charge in [-0.2, -0.15) is 5.26 Å². The number of esters is 1. The average Bonchev–Trinajstić information content (AvgIpc) is 2.77. The molecule has 1 aromatic carbocycles. The Morgan fingerprint density at radius 2 is 2.20 bits per heavy atom. The smallest absolute Gasteiger partial charge is 0.357 e. The highest BCUT2D eigenvalue weighted by Crippen LogP contribution is 2.29. The molecule has 2 N–H and O–H groups in total. The van der Waals surface area contributed by atoms with Gasteiger partial charge in [-0.15, -0.1) is 0 Å². The van der Waals surface area contributed by atoms with Gasteiger partial charge in [0.25, 0.3) is 0 Å². The van der Waals surface area contributed by atoms with Crippen molar-refractivity contribution < 1.29 is 9.53 Å². The van der Waals surface area contributed by atoms with Crippen molar-refractivity contribution in [3.8, 4) is 11.8 Å². The van der Waals surface area contributed by atoms with E-state index in [9.17, 15) is 4.79 Å². The van der Waals surface area contributed by atoms with E-state index in [0.29, 0.717) is 0 Å². The molecule has 1 aromatic heterocycles. The van der Waals surface area contributed by atoms with Crippen LogP contribution < -0.4 is 5.73 Å². The fourth-order valence-corrected chi connectivity index (χ4v) is 2.35. The van der Waals surface area contributed by atoms with Crippen LogP contribution in [-0.2, 0) is 4.74 Å². The molecule has 0 aliphatic rings. The average molecular weight is 334 g/mol. The van der Waals surface area contributed by atoms with Crippen molar-refractivity contribution in [2.45, 2.75) is 6.92 Å². The first kappa shape index (κ1) is 14.2.